The molecular weight excluding hydrogens is 473 g/mol. The minimum absolute atomic E-state index is 0.112. The molecule has 1 amide bonds. The normalized spacial score (nSPS) is 20.8. The van der Waals surface area contributed by atoms with Gasteiger partial charge in [-0.2, -0.15) is 0 Å². The van der Waals surface area contributed by atoms with Gasteiger partial charge >= 0.3 is 0 Å². The van der Waals surface area contributed by atoms with Crippen LogP contribution in [0.4, 0.5) is 18.9 Å². The number of piperazine rings is 1. The summed E-state index contributed by atoms with van der Waals surface area (Å²) < 4.78 is 38.0. The van der Waals surface area contributed by atoms with Crippen LogP contribution in [0.15, 0.2) is 41.3 Å². The van der Waals surface area contributed by atoms with Gasteiger partial charge in [-0.1, -0.05) is 0 Å². The molecule has 36 heavy (non-hydrogen) atoms. The van der Waals surface area contributed by atoms with Crippen molar-refractivity contribution in [2.45, 2.75) is 37.6 Å². The second-order valence-electron chi connectivity index (χ2n) is 9.30. The van der Waals surface area contributed by atoms with Gasteiger partial charge in [0.1, 0.15) is 17.3 Å². The molecule has 1 aliphatic heterocycles. The highest BCUT2D eigenvalue weighted by Gasteiger charge is 2.33. The Kier molecular flexibility index (Phi) is 6.90. The van der Waals surface area contributed by atoms with Gasteiger partial charge in [-0.05, 0) is 49.6 Å². The molecule has 1 saturated carbocycles. The Morgan fingerprint density at radius 1 is 1.14 bits per heavy atom. The maximum absolute atomic E-state index is 13.5. The Balaban J connectivity index is 1.16. The highest BCUT2D eigenvalue weighted by atomic mass is 19.3. The van der Waals surface area contributed by atoms with Gasteiger partial charge in [0.15, 0.2) is 0 Å². The maximum atomic E-state index is 13.5. The molecule has 3 aromatic rings. The van der Waals surface area contributed by atoms with Crippen LogP contribution in [0.1, 0.15) is 41.5 Å². The number of hydrogen-bond donors (Lipinski definition) is 2. The number of anilines is 1. The fraction of sp³-hybridized carbons (Fsp3) is 0.440. The number of alkyl halides is 2. The van der Waals surface area contributed by atoms with Crippen molar-refractivity contribution in [3.63, 3.8) is 0 Å². The maximum Gasteiger partial charge on any atom is 0.270 e. The van der Waals surface area contributed by atoms with Crippen molar-refractivity contribution in [1.29, 1.82) is 0 Å². The number of benzene rings is 1. The number of fused-ring (bicyclic) bond motifs is 1. The van der Waals surface area contributed by atoms with Crippen molar-refractivity contribution >= 4 is 22.5 Å². The lowest BCUT2D eigenvalue weighted by Crippen LogP contribution is -2.49. The lowest BCUT2D eigenvalue weighted by Gasteiger charge is -2.39. The van der Waals surface area contributed by atoms with E-state index in [2.05, 4.69) is 30.1 Å². The zero-order valence-electron chi connectivity index (χ0n) is 19.6. The van der Waals surface area contributed by atoms with Crippen molar-refractivity contribution in [3.05, 3.63) is 64.2 Å². The summed E-state index contributed by atoms with van der Waals surface area (Å²) in [4.78, 5) is 40.6. The predicted molar refractivity (Wildman–Crippen MR) is 129 cm³/mol. The molecular formula is C25H27F3N6O2. The largest absolute Gasteiger partial charge is 0.368 e. The van der Waals surface area contributed by atoms with E-state index >= 15 is 0 Å². The van der Waals surface area contributed by atoms with Crippen LogP contribution in [0, 0.1) is 5.82 Å². The molecule has 5 rings (SSSR count). The average molecular weight is 501 g/mol. The molecule has 2 aliphatic rings. The van der Waals surface area contributed by atoms with Gasteiger partial charge in [0, 0.05) is 38.1 Å². The SMILES string of the molecule is O=C(NCC(F)F)c1ccc(N2CCN([C@H]3CC[C@@H](c4nc5ccc(F)cc5c(=O)[nH]4)C3)CC2)cn1. The minimum atomic E-state index is -2.60. The fourth-order valence-electron chi connectivity index (χ4n) is 5.17. The Hall–Kier alpha value is -3.47. The van der Waals surface area contributed by atoms with Gasteiger partial charge in [0.2, 0.25) is 0 Å². The van der Waals surface area contributed by atoms with E-state index in [0.717, 1.165) is 51.1 Å². The monoisotopic (exact) mass is 500 g/mol. The molecule has 0 bridgehead atoms. The minimum Gasteiger partial charge on any atom is -0.368 e. The van der Waals surface area contributed by atoms with E-state index in [9.17, 15) is 22.8 Å². The molecule has 2 N–H and O–H groups in total. The highest BCUT2D eigenvalue weighted by molar-refractivity contribution is 5.92. The molecule has 2 fully saturated rings. The third-order valence-electron chi connectivity index (χ3n) is 7.07. The van der Waals surface area contributed by atoms with E-state index in [-0.39, 0.29) is 22.6 Å². The molecule has 0 spiro atoms. The lowest BCUT2D eigenvalue weighted by atomic mass is 10.1. The second kappa shape index (κ2) is 10.3. The van der Waals surface area contributed by atoms with Crippen LogP contribution in [-0.4, -0.2) is 71.0 Å². The van der Waals surface area contributed by atoms with Gasteiger partial charge in [-0.3, -0.25) is 14.5 Å². The van der Waals surface area contributed by atoms with E-state index in [4.69, 9.17) is 0 Å². The molecule has 0 radical (unpaired) electrons. The zero-order valence-corrected chi connectivity index (χ0v) is 19.6. The van der Waals surface area contributed by atoms with Gasteiger partial charge in [-0.15, -0.1) is 0 Å². The van der Waals surface area contributed by atoms with Crippen molar-refractivity contribution in [3.8, 4) is 0 Å². The van der Waals surface area contributed by atoms with E-state index in [0.29, 0.717) is 17.4 Å². The number of carbonyl (C=O) groups is 1. The lowest BCUT2D eigenvalue weighted by molar-refractivity contribution is 0.0887. The number of aromatic amines is 1. The fourth-order valence-corrected chi connectivity index (χ4v) is 5.17. The number of rotatable bonds is 6. The third-order valence-corrected chi connectivity index (χ3v) is 7.07. The first-order chi connectivity index (χ1) is 17.4. The molecule has 3 heterocycles. The van der Waals surface area contributed by atoms with Gasteiger partial charge in [0.05, 0.1) is 29.3 Å². The molecule has 1 aromatic carbocycles. The molecule has 190 valence electrons. The highest BCUT2D eigenvalue weighted by Crippen LogP contribution is 2.36. The smallest absolute Gasteiger partial charge is 0.270 e. The van der Waals surface area contributed by atoms with Crippen molar-refractivity contribution < 1.29 is 18.0 Å². The Morgan fingerprint density at radius 2 is 1.94 bits per heavy atom. The molecule has 2 atom stereocenters. The first kappa shape index (κ1) is 24.2. The first-order valence-corrected chi connectivity index (χ1v) is 12.1. The summed E-state index contributed by atoms with van der Waals surface area (Å²) >= 11 is 0. The van der Waals surface area contributed by atoms with Gasteiger partial charge < -0.3 is 15.2 Å². The third kappa shape index (κ3) is 5.20. The Labute approximate surface area is 205 Å². The summed E-state index contributed by atoms with van der Waals surface area (Å²) in [6.45, 7) is 2.65. The second-order valence-corrected chi connectivity index (χ2v) is 9.30. The van der Waals surface area contributed by atoms with Crippen molar-refractivity contribution in [2.75, 3.05) is 37.6 Å². The number of halogens is 3. The van der Waals surface area contributed by atoms with Gasteiger partial charge in [-0.25, -0.2) is 23.1 Å². The molecule has 1 saturated heterocycles. The van der Waals surface area contributed by atoms with Crippen LogP contribution < -0.4 is 15.8 Å². The summed E-state index contributed by atoms with van der Waals surface area (Å²) in [6, 6.07) is 7.82. The summed E-state index contributed by atoms with van der Waals surface area (Å²) in [7, 11) is 0. The topological polar surface area (TPSA) is 94.2 Å². The number of hydrogen-bond acceptors (Lipinski definition) is 6. The quantitative estimate of drug-likeness (QED) is 0.541. The van der Waals surface area contributed by atoms with E-state index in [1.165, 1.54) is 12.1 Å². The molecule has 8 nitrogen and oxygen atoms in total. The zero-order chi connectivity index (χ0) is 25.2. The summed E-state index contributed by atoms with van der Waals surface area (Å²) in [5, 5.41) is 2.42. The standard InChI is InChI=1S/C25H27F3N6O2/c26-16-2-5-20-19(12-16)24(35)32-23(31-20)15-1-3-17(11-15)33-7-9-34(10-8-33)18-4-6-21(29-13-18)25(36)30-14-22(27)28/h2,4-6,12-13,15,17,22H,1,3,7-11,14H2,(H,30,36)(H,31,32,35)/t15-,17+/m1/s1. The van der Waals surface area contributed by atoms with Gasteiger partial charge in [0.25, 0.3) is 17.9 Å². The number of pyridine rings is 1. The molecule has 11 heteroatoms. The number of aromatic nitrogens is 3. The number of amides is 1. The number of nitrogens with zero attached hydrogens (tertiary/aromatic N) is 4. The van der Waals surface area contributed by atoms with Crippen LogP contribution in [0.3, 0.4) is 0 Å². The van der Waals surface area contributed by atoms with Crippen LogP contribution in [0.2, 0.25) is 0 Å². The van der Waals surface area contributed by atoms with Crippen LogP contribution in [0.5, 0.6) is 0 Å². The average Bonchev–Trinajstić information content (AvgIpc) is 3.38. The van der Waals surface area contributed by atoms with Crippen molar-refractivity contribution in [2.24, 2.45) is 0 Å². The summed E-state index contributed by atoms with van der Waals surface area (Å²) in [6.07, 6.45) is 1.85. The Bertz CT molecular complexity index is 1290. The van der Waals surface area contributed by atoms with E-state index in [1.807, 2.05) is 0 Å². The molecule has 1 aliphatic carbocycles. The van der Waals surface area contributed by atoms with Crippen LogP contribution in [0.25, 0.3) is 10.9 Å². The van der Waals surface area contributed by atoms with Crippen LogP contribution in [-0.2, 0) is 0 Å². The summed E-state index contributed by atoms with van der Waals surface area (Å²) in [5.41, 5.74) is 1.20. The molecule has 2 aromatic heterocycles. The van der Waals surface area contributed by atoms with Crippen molar-refractivity contribution in [1.82, 2.24) is 25.2 Å². The number of carbonyl (C=O) groups excluding carboxylic acids is 1. The Morgan fingerprint density at radius 3 is 2.67 bits per heavy atom. The number of nitrogens with one attached hydrogen (secondary N) is 2. The molecule has 0 unspecified atom stereocenters. The van der Waals surface area contributed by atoms with Crippen LogP contribution >= 0.6 is 0 Å². The predicted octanol–water partition coefficient (Wildman–Crippen LogP) is 2.91. The van der Waals surface area contributed by atoms with E-state index in [1.54, 1.807) is 24.4 Å². The van der Waals surface area contributed by atoms with E-state index < -0.39 is 24.7 Å². The number of H-pyrrole nitrogens is 1. The first-order valence-electron chi connectivity index (χ1n) is 12.1. The summed E-state index contributed by atoms with van der Waals surface area (Å²) in [5.74, 6) is -0.242.